The van der Waals surface area contributed by atoms with Gasteiger partial charge in [-0.3, -0.25) is 10.1 Å². The van der Waals surface area contributed by atoms with Crippen LogP contribution in [0.25, 0.3) is 6.08 Å². The summed E-state index contributed by atoms with van der Waals surface area (Å²) < 4.78 is 37.3. The Bertz CT molecular complexity index is 515. The fraction of sp³-hybridized carbons (Fsp3) is 0.100. The molecule has 0 N–H and O–H groups in total. The van der Waals surface area contributed by atoms with Crippen LogP contribution in [-0.2, 0) is 6.18 Å². The third-order valence-electron chi connectivity index (χ3n) is 1.83. The van der Waals surface area contributed by atoms with Crippen LogP contribution >= 0.6 is 0 Å². The lowest BCUT2D eigenvalue weighted by molar-refractivity contribution is -0.385. The Kier molecular flexibility index (Phi) is 3.48. The number of allylic oxidation sites excluding steroid dienone is 1. The van der Waals surface area contributed by atoms with E-state index in [-0.39, 0.29) is 5.56 Å². The molecule has 0 unspecified atom stereocenters. The molecule has 88 valence electrons. The van der Waals surface area contributed by atoms with Crippen LogP contribution in [0.3, 0.4) is 0 Å². The van der Waals surface area contributed by atoms with E-state index in [9.17, 15) is 23.3 Å². The van der Waals surface area contributed by atoms with Gasteiger partial charge in [-0.15, -0.1) is 0 Å². The van der Waals surface area contributed by atoms with Crippen LogP contribution in [0.4, 0.5) is 18.9 Å². The molecule has 0 aliphatic heterocycles. The van der Waals surface area contributed by atoms with Crippen molar-refractivity contribution in [3.05, 3.63) is 45.5 Å². The Hall–Kier alpha value is -2.36. The average molecular weight is 242 g/mol. The van der Waals surface area contributed by atoms with Crippen LogP contribution in [0.5, 0.6) is 0 Å². The minimum Gasteiger partial charge on any atom is -0.258 e. The van der Waals surface area contributed by atoms with Crippen molar-refractivity contribution in [2.45, 2.75) is 6.18 Å². The van der Waals surface area contributed by atoms with Gasteiger partial charge in [-0.05, 0) is 17.7 Å². The van der Waals surface area contributed by atoms with E-state index < -0.39 is 22.4 Å². The van der Waals surface area contributed by atoms with Crippen molar-refractivity contribution in [3.63, 3.8) is 0 Å². The van der Waals surface area contributed by atoms with Gasteiger partial charge < -0.3 is 0 Å². The molecule has 0 atom stereocenters. The van der Waals surface area contributed by atoms with Gasteiger partial charge in [0.25, 0.3) is 5.69 Å². The SMILES string of the molecule is N#CC=Cc1cc([N+](=O)[O-])cc(C(F)(F)F)c1. The quantitative estimate of drug-likeness (QED) is 0.454. The number of nitrogens with zero attached hydrogens (tertiary/aromatic N) is 2. The second kappa shape index (κ2) is 4.65. The lowest BCUT2D eigenvalue weighted by Crippen LogP contribution is -2.06. The van der Waals surface area contributed by atoms with Gasteiger partial charge in [-0.25, -0.2) is 0 Å². The van der Waals surface area contributed by atoms with Crippen LogP contribution in [0, 0.1) is 21.4 Å². The first-order valence-electron chi connectivity index (χ1n) is 4.27. The van der Waals surface area contributed by atoms with Gasteiger partial charge >= 0.3 is 6.18 Å². The zero-order chi connectivity index (χ0) is 13.1. The molecule has 0 radical (unpaired) electrons. The smallest absolute Gasteiger partial charge is 0.258 e. The van der Waals surface area contributed by atoms with Crippen molar-refractivity contribution in [1.29, 1.82) is 5.26 Å². The van der Waals surface area contributed by atoms with Crippen molar-refractivity contribution in [1.82, 2.24) is 0 Å². The Morgan fingerprint density at radius 3 is 2.47 bits per heavy atom. The molecule has 0 saturated carbocycles. The lowest BCUT2D eigenvalue weighted by atomic mass is 10.1. The van der Waals surface area contributed by atoms with Crippen molar-refractivity contribution in [2.24, 2.45) is 0 Å². The second-order valence-corrected chi connectivity index (χ2v) is 3.03. The highest BCUT2D eigenvalue weighted by Crippen LogP contribution is 2.32. The molecule has 1 rings (SSSR count). The highest BCUT2D eigenvalue weighted by atomic mass is 19.4. The summed E-state index contributed by atoms with van der Waals surface area (Å²) in [5, 5.41) is 18.7. The summed E-state index contributed by atoms with van der Waals surface area (Å²) >= 11 is 0. The molecule has 1 aromatic carbocycles. The largest absolute Gasteiger partial charge is 0.416 e. The van der Waals surface area contributed by atoms with Crippen molar-refractivity contribution < 1.29 is 18.1 Å². The van der Waals surface area contributed by atoms with Crippen LogP contribution in [-0.4, -0.2) is 4.92 Å². The zero-order valence-electron chi connectivity index (χ0n) is 8.23. The van der Waals surface area contributed by atoms with Gasteiger partial charge in [-0.2, -0.15) is 18.4 Å². The number of benzene rings is 1. The number of non-ortho nitro benzene ring substituents is 1. The third kappa shape index (κ3) is 3.31. The molecule has 17 heavy (non-hydrogen) atoms. The number of halogens is 3. The van der Waals surface area contributed by atoms with Crippen LogP contribution in [0.15, 0.2) is 24.3 Å². The van der Waals surface area contributed by atoms with Gasteiger partial charge in [0.2, 0.25) is 0 Å². The summed E-state index contributed by atoms with van der Waals surface area (Å²) in [7, 11) is 0. The molecular formula is C10H5F3N2O2. The first-order valence-corrected chi connectivity index (χ1v) is 4.27. The summed E-state index contributed by atoms with van der Waals surface area (Å²) in [5.74, 6) is 0. The Labute approximate surface area is 93.7 Å². The van der Waals surface area contributed by atoms with Gasteiger partial charge in [0.05, 0.1) is 16.6 Å². The van der Waals surface area contributed by atoms with E-state index in [1.54, 1.807) is 6.07 Å². The normalized spacial score (nSPS) is 11.4. The average Bonchev–Trinajstić information content (AvgIpc) is 2.24. The highest BCUT2D eigenvalue weighted by molar-refractivity contribution is 5.57. The number of alkyl halides is 3. The molecule has 0 fully saturated rings. The number of nitriles is 1. The highest BCUT2D eigenvalue weighted by Gasteiger charge is 2.32. The summed E-state index contributed by atoms with van der Waals surface area (Å²) in [6.45, 7) is 0. The topological polar surface area (TPSA) is 66.9 Å². The molecule has 0 aromatic heterocycles. The summed E-state index contributed by atoms with van der Waals surface area (Å²) in [5.41, 5.74) is -1.84. The fourth-order valence-corrected chi connectivity index (χ4v) is 1.13. The molecule has 0 spiro atoms. The van der Waals surface area contributed by atoms with Gasteiger partial charge in [0.1, 0.15) is 0 Å². The number of hydrogen-bond acceptors (Lipinski definition) is 3. The maximum Gasteiger partial charge on any atom is 0.416 e. The molecule has 1 aromatic rings. The first kappa shape index (κ1) is 12.7. The molecular weight excluding hydrogens is 237 g/mol. The lowest BCUT2D eigenvalue weighted by Gasteiger charge is -2.07. The number of hydrogen-bond donors (Lipinski definition) is 0. The molecule has 4 nitrogen and oxygen atoms in total. The predicted molar refractivity (Wildman–Crippen MR) is 52.7 cm³/mol. The minimum absolute atomic E-state index is 0.0481. The third-order valence-corrected chi connectivity index (χ3v) is 1.83. The molecule has 0 aliphatic rings. The van der Waals surface area contributed by atoms with E-state index in [0.29, 0.717) is 6.07 Å². The van der Waals surface area contributed by atoms with Crippen LogP contribution in [0.2, 0.25) is 0 Å². The van der Waals surface area contributed by atoms with E-state index in [0.717, 1.165) is 24.3 Å². The number of rotatable bonds is 2. The number of nitro benzene ring substituents is 1. The summed E-state index contributed by atoms with van der Waals surface area (Å²) in [4.78, 5) is 9.54. The van der Waals surface area contributed by atoms with Crippen molar-refractivity contribution in [3.8, 4) is 6.07 Å². The molecule has 0 aliphatic carbocycles. The molecule has 0 heterocycles. The van der Waals surface area contributed by atoms with Crippen molar-refractivity contribution in [2.75, 3.05) is 0 Å². The van der Waals surface area contributed by atoms with Gasteiger partial charge in [0, 0.05) is 18.2 Å². The first-order chi connectivity index (χ1) is 7.84. The van der Waals surface area contributed by atoms with E-state index in [1.165, 1.54) is 0 Å². The molecule has 0 bridgehead atoms. The Morgan fingerprint density at radius 2 is 2.00 bits per heavy atom. The van der Waals surface area contributed by atoms with E-state index in [4.69, 9.17) is 5.26 Å². The summed E-state index contributed by atoms with van der Waals surface area (Å²) in [6.07, 6.45) is -2.65. The molecule has 0 amide bonds. The standard InChI is InChI=1S/C10H5F3N2O2/c11-10(12,13)8-4-7(2-1-3-14)5-9(6-8)15(16)17/h1-2,4-6H. The zero-order valence-corrected chi connectivity index (χ0v) is 8.23. The monoisotopic (exact) mass is 242 g/mol. The van der Waals surface area contributed by atoms with Crippen molar-refractivity contribution >= 4 is 11.8 Å². The maximum atomic E-state index is 12.4. The Balaban J connectivity index is 3.35. The minimum atomic E-state index is -4.67. The van der Waals surface area contributed by atoms with Crippen LogP contribution < -0.4 is 0 Å². The van der Waals surface area contributed by atoms with E-state index in [2.05, 4.69) is 0 Å². The van der Waals surface area contributed by atoms with Gasteiger partial charge in [0.15, 0.2) is 0 Å². The van der Waals surface area contributed by atoms with E-state index >= 15 is 0 Å². The second-order valence-electron chi connectivity index (χ2n) is 3.03. The van der Waals surface area contributed by atoms with E-state index in [1.807, 2.05) is 0 Å². The predicted octanol–water partition coefficient (Wildman–Crippen LogP) is 3.15. The van der Waals surface area contributed by atoms with Crippen LogP contribution in [0.1, 0.15) is 11.1 Å². The Morgan fingerprint density at radius 1 is 1.35 bits per heavy atom. The number of nitro groups is 1. The fourth-order valence-electron chi connectivity index (χ4n) is 1.13. The van der Waals surface area contributed by atoms with Gasteiger partial charge in [-0.1, -0.05) is 0 Å². The molecule has 7 heteroatoms. The summed E-state index contributed by atoms with van der Waals surface area (Å²) in [6, 6.07) is 3.74. The molecule has 0 saturated heterocycles. The maximum absolute atomic E-state index is 12.4.